The summed E-state index contributed by atoms with van der Waals surface area (Å²) in [5.74, 6) is 0.635. The van der Waals surface area contributed by atoms with Crippen LogP contribution in [-0.2, 0) is 6.42 Å². The number of halogens is 1. The van der Waals surface area contributed by atoms with Crippen LogP contribution in [0.1, 0.15) is 11.1 Å². The maximum atomic E-state index is 9.42. The van der Waals surface area contributed by atoms with Crippen molar-refractivity contribution >= 4 is 28.8 Å². The number of nitrogens with one attached hydrogen (secondary N) is 1. The Balaban J connectivity index is 1.73. The third-order valence-electron chi connectivity index (χ3n) is 4.41. The number of nitriles is 1. The standard InChI is InChI=1S/C19H16ClN5/c1-24-8-7-13-9-16(5-6-18(13)24)23-19-14(11-21)12-22-25(19)17-4-2-3-15(20)10-17/h2-6,9-10,12,23H,7-8H2,1H3. The van der Waals surface area contributed by atoms with Gasteiger partial charge in [-0.2, -0.15) is 10.4 Å². The molecule has 2 aromatic carbocycles. The van der Waals surface area contributed by atoms with Gasteiger partial charge in [0.1, 0.15) is 11.6 Å². The first-order chi connectivity index (χ1) is 12.2. The first-order valence-corrected chi connectivity index (χ1v) is 8.38. The number of nitrogens with zero attached hydrogens (tertiary/aromatic N) is 4. The second kappa shape index (κ2) is 6.15. The minimum atomic E-state index is 0.484. The molecule has 0 fully saturated rings. The van der Waals surface area contributed by atoms with Crippen molar-refractivity contribution in [3.05, 3.63) is 64.8 Å². The zero-order chi connectivity index (χ0) is 17.4. The summed E-state index contributed by atoms with van der Waals surface area (Å²) in [6.45, 7) is 1.03. The molecule has 1 aromatic heterocycles. The van der Waals surface area contributed by atoms with E-state index in [0.717, 1.165) is 24.3 Å². The summed E-state index contributed by atoms with van der Waals surface area (Å²) in [5.41, 5.74) is 4.79. The monoisotopic (exact) mass is 349 g/mol. The molecule has 0 bridgehead atoms. The Hall–Kier alpha value is -2.97. The number of anilines is 3. The van der Waals surface area contributed by atoms with Gasteiger partial charge in [0.05, 0.1) is 11.9 Å². The summed E-state index contributed by atoms with van der Waals surface area (Å²) in [5, 5.41) is 17.7. The molecule has 25 heavy (non-hydrogen) atoms. The molecule has 6 heteroatoms. The highest BCUT2D eigenvalue weighted by Gasteiger charge is 2.17. The van der Waals surface area contributed by atoms with E-state index in [2.05, 4.69) is 40.6 Å². The van der Waals surface area contributed by atoms with Crippen molar-refractivity contribution in [2.75, 3.05) is 23.8 Å². The maximum absolute atomic E-state index is 9.42. The molecule has 0 aliphatic carbocycles. The molecule has 0 amide bonds. The van der Waals surface area contributed by atoms with E-state index in [1.165, 1.54) is 11.3 Å². The van der Waals surface area contributed by atoms with Gasteiger partial charge in [-0.25, -0.2) is 4.68 Å². The van der Waals surface area contributed by atoms with Crippen molar-refractivity contribution in [1.29, 1.82) is 5.26 Å². The number of fused-ring (bicyclic) bond motifs is 1. The highest BCUT2D eigenvalue weighted by molar-refractivity contribution is 6.30. The molecule has 1 aliphatic rings. The van der Waals surface area contributed by atoms with Gasteiger partial charge in [-0.15, -0.1) is 0 Å². The van der Waals surface area contributed by atoms with Gasteiger partial charge in [0.25, 0.3) is 0 Å². The lowest BCUT2D eigenvalue weighted by Gasteiger charge is -2.14. The van der Waals surface area contributed by atoms with E-state index in [4.69, 9.17) is 11.6 Å². The number of hydrogen-bond acceptors (Lipinski definition) is 4. The SMILES string of the molecule is CN1CCc2cc(Nc3c(C#N)cnn3-c3cccc(Cl)c3)ccc21. The van der Waals surface area contributed by atoms with Crippen LogP contribution >= 0.6 is 11.6 Å². The quantitative estimate of drug-likeness (QED) is 0.772. The van der Waals surface area contributed by atoms with Crippen molar-refractivity contribution in [3.63, 3.8) is 0 Å². The maximum Gasteiger partial charge on any atom is 0.152 e. The molecule has 0 spiro atoms. The van der Waals surface area contributed by atoms with Gasteiger partial charge in [0.2, 0.25) is 0 Å². The van der Waals surface area contributed by atoms with Gasteiger partial charge >= 0.3 is 0 Å². The molecular weight excluding hydrogens is 334 g/mol. The van der Waals surface area contributed by atoms with E-state index in [1.807, 2.05) is 30.3 Å². The molecule has 1 N–H and O–H groups in total. The summed E-state index contributed by atoms with van der Waals surface area (Å²) in [6.07, 6.45) is 2.59. The Kier molecular flexibility index (Phi) is 3.83. The minimum Gasteiger partial charge on any atom is -0.374 e. The number of benzene rings is 2. The van der Waals surface area contributed by atoms with E-state index in [1.54, 1.807) is 10.9 Å². The molecule has 0 atom stereocenters. The van der Waals surface area contributed by atoms with Crippen molar-refractivity contribution in [2.24, 2.45) is 0 Å². The van der Waals surface area contributed by atoms with Crippen LogP contribution in [0, 0.1) is 11.3 Å². The molecule has 2 heterocycles. The Labute approximate surface area is 151 Å². The normalized spacial score (nSPS) is 12.8. The fraction of sp³-hybridized carbons (Fsp3) is 0.158. The van der Waals surface area contributed by atoms with Crippen molar-refractivity contribution in [2.45, 2.75) is 6.42 Å². The lowest BCUT2D eigenvalue weighted by Crippen LogP contribution is -2.12. The predicted molar refractivity (Wildman–Crippen MR) is 100.0 cm³/mol. The van der Waals surface area contributed by atoms with Crippen LogP contribution in [0.5, 0.6) is 0 Å². The van der Waals surface area contributed by atoms with E-state index in [-0.39, 0.29) is 0 Å². The van der Waals surface area contributed by atoms with Crippen molar-refractivity contribution in [1.82, 2.24) is 9.78 Å². The zero-order valence-electron chi connectivity index (χ0n) is 13.7. The molecule has 5 nitrogen and oxygen atoms in total. The van der Waals surface area contributed by atoms with Gasteiger partial charge in [-0.05, 0) is 48.4 Å². The van der Waals surface area contributed by atoms with E-state index in [0.29, 0.717) is 16.4 Å². The van der Waals surface area contributed by atoms with Crippen LogP contribution < -0.4 is 10.2 Å². The largest absolute Gasteiger partial charge is 0.374 e. The Morgan fingerprint density at radius 2 is 2.12 bits per heavy atom. The Bertz CT molecular complexity index is 986. The minimum absolute atomic E-state index is 0.484. The molecule has 0 radical (unpaired) electrons. The number of hydrogen-bond donors (Lipinski definition) is 1. The van der Waals surface area contributed by atoms with E-state index >= 15 is 0 Å². The van der Waals surface area contributed by atoms with E-state index < -0.39 is 0 Å². The van der Waals surface area contributed by atoms with Gasteiger partial charge in [0, 0.05) is 30.0 Å². The number of aromatic nitrogens is 2. The lowest BCUT2D eigenvalue weighted by atomic mass is 10.1. The molecule has 3 aromatic rings. The summed E-state index contributed by atoms with van der Waals surface area (Å²) in [7, 11) is 2.10. The Morgan fingerprint density at radius 3 is 2.92 bits per heavy atom. The summed E-state index contributed by atoms with van der Waals surface area (Å²) >= 11 is 6.09. The second-order valence-corrected chi connectivity index (χ2v) is 6.49. The first-order valence-electron chi connectivity index (χ1n) is 8.01. The van der Waals surface area contributed by atoms with Gasteiger partial charge in [0.15, 0.2) is 5.82 Å². The third kappa shape index (κ3) is 2.81. The summed E-state index contributed by atoms with van der Waals surface area (Å²) in [6, 6.07) is 15.9. The first kappa shape index (κ1) is 15.6. The topological polar surface area (TPSA) is 56.9 Å². The molecule has 124 valence electrons. The number of rotatable bonds is 3. The predicted octanol–water partition coefficient (Wildman–Crippen LogP) is 4.13. The number of likely N-dealkylation sites (N-methyl/N-ethyl adjacent to an activating group) is 1. The van der Waals surface area contributed by atoms with Crippen molar-refractivity contribution in [3.8, 4) is 11.8 Å². The average molecular weight is 350 g/mol. The van der Waals surface area contributed by atoms with Gasteiger partial charge in [-0.1, -0.05) is 17.7 Å². The van der Waals surface area contributed by atoms with E-state index in [9.17, 15) is 5.26 Å². The molecule has 1 aliphatic heterocycles. The summed E-state index contributed by atoms with van der Waals surface area (Å²) < 4.78 is 1.70. The second-order valence-electron chi connectivity index (χ2n) is 6.05. The fourth-order valence-electron chi connectivity index (χ4n) is 3.14. The van der Waals surface area contributed by atoms with Crippen LogP contribution in [0.25, 0.3) is 5.69 Å². The van der Waals surface area contributed by atoms with Gasteiger partial charge < -0.3 is 10.2 Å². The smallest absolute Gasteiger partial charge is 0.152 e. The van der Waals surface area contributed by atoms with Crippen LogP contribution in [0.4, 0.5) is 17.2 Å². The van der Waals surface area contributed by atoms with Crippen LogP contribution in [-0.4, -0.2) is 23.4 Å². The van der Waals surface area contributed by atoms with Crippen LogP contribution in [0.3, 0.4) is 0 Å². The summed E-state index contributed by atoms with van der Waals surface area (Å²) in [4.78, 5) is 2.25. The molecule has 0 unspecified atom stereocenters. The highest BCUT2D eigenvalue weighted by atomic mass is 35.5. The lowest BCUT2D eigenvalue weighted by molar-refractivity contribution is 0.888. The van der Waals surface area contributed by atoms with Crippen molar-refractivity contribution < 1.29 is 0 Å². The van der Waals surface area contributed by atoms with Crippen LogP contribution in [0.2, 0.25) is 5.02 Å². The fourth-order valence-corrected chi connectivity index (χ4v) is 3.32. The molecular formula is C19H16ClN5. The molecule has 0 saturated carbocycles. The highest BCUT2D eigenvalue weighted by Crippen LogP contribution is 2.31. The van der Waals surface area contributed by atoms with Crippen LogP contribution in [0.15, 0.2) is 48.7 Å². The average Bonchev–Trinajstić information content (AvgIpc) is 3.18. The molecule has 0 saturated heterocycles. The Morgan fingerprint density at radius 1 is 1.24 bits per heavy atom. The third-order valence-corrected chi connectivity index (χ3v) is 4.65. The zero-order valence-corrected chi connectivity index (χ0v) is 14.5. The molecule has 4 rings (SSSR count). The van der Waals surface area contributed by atoms with Gasteiger partial charge in [-0.3, -0.25) is 0 Å².